The molecule has 1 saturated heterocycles. The van der Waals surface area contributed by atoms with Crippen LogP contribution in [0.1, 0.15) is 31.2 Å². The van der Waals surface area contributed by atoms with Crippen LogP contribution in [0.25, 0.3) is 0 Å². The Morgan fingerprint density at radius 2 is 2.00 bits per heavy atom. The molecule has 0 unspecified atom stereocenters. The second kappa shape index (κ2) is 5.21. The smallest absolute Gasteiger partial charge is 0.220 e. The molecule has 1 fully saturated rings. The summed E-state index contributed by atoms with van der Waals surface area (Å²) in [6, 6.07) is 6.46. The van der Waals surface area contributed by atoms with Gasteiger partial charge in [-0.15, -0.1) is 0 Å². The predicted octanol–water partition coefficient (Wildman–Crippen LogP) is 1.48. The summed E-state index contributed by atoms with van der Waals surface area (Å²) in [5.41, 5.74) is 0.611. The van der Waals surface area contributed by atoms with Gasteiger partial charge in [0.25, 0.3) is 0 Å². The molecule has 4 heteroatoms. The first kappa shape index (κ1) is 12.6. The van der Waals surface area contributed by atoms with Crippen molar-refractivity contribution in [3.05, 3.63) is 40.1 Å². The highest BCUT2D eigenvalue weighted by molar-refractivity contribution is 5.73. The summed E-state index contributed by atoms with van der Waals surface area (Å²) in [5.74, 6) is 0.207. The van der Waals surface area contributed by atoms with Gasteiger partial charge in [0.1, 0.15) is 0 Å². The minimum atomic E-state index is -0.359. The van der Waals surface area contributed by atoms with E-state index in [-0.39, 0.29) is 17.1 Å². The van der Waals surface area contributed by atoms with Crippen LogP contribution < -0.4 is 5.43 Å². The second-order valence-electron chi connectivity index (χ2n) is 4.70. The van der Waals surface area contributed by atoms with Crippen LogP contribution >= 0.6 is 0 Å². The maximum Gasteiger partial charge on any atom is 0.220 e. The molecule has 0 aliphatic carbocycles. The third-order valence-electron chi connectivity index (χ3n) is 3.50. The Morgan fingerprint density at radius 1 is 1.33 bits per heavy atom. The number of hydrogen-bond donors (Lipinski definition) is 1. The molecule has 0 radical (unpaired) electrons. The molecule has 96 valence electrons. The van der Waals surface area contributed by atoms with Crippen LogP contribution in [0.4, 0.5) is 0 Å². The molecule has 1 aromatic carbocycles. The fourth-order valence-corrected chi connectivity index (χ4v) is 2.39. The van der Waals surface area contributed by atoms with Gasteiger partial charge in [-0.2, -0.15) is 0 Å². The highest BCUT2D eigenvalue weighted by Gasteiger charge is 2.21. The summed E-state index contributed by atoms with van der Waals surface area (Å²) < 4.78 is 0. The molecule has 0 saturated carbocycles. The van der Waals surface area contributed by atoms with Crippen molar-refractivity contribution < 1.29 is 9.90 Å². The summed E-state index contributed by atoms with van der Waals surface area (Å²) in [7, 11) is 0. The Hall–Kier alpha value is -1.84. The molecule has 0 bridgehead atoms. The zero-order chi connectivity index (χ0) is 13.1. The van der Waals surface area contributed by atoms with Gasteiger partial charge in [0, 0.05) is 20.0 Å². The maximum atomic E-state index is 11.3. The Morgan fingerprint density at radius 3 is 2.61 bits per heavy atom. The Bertz CT molecular complexity index is 505. The number of carbonyl (C=O) groups is 1. The third kappa shape index (κ3) is 2.70. The summed E-state index contributed by atoms with van der Waals surface area (Å²) in [6.45, 7) is 3.06. The minimum absolute atomic E-state index is 0.108. The minimum Gasteiger partial charge on any atom is -0.504 e. The largest absolute Gasteiger partial charge is 0.504 e. The van der Waals surface area contributed by atoms with Gasteiger partial charge in [-0.25, -0.2) is 0 Å². The molecule has 0 spiro atoms. The number of rotatable bonds is 1. The number of nitrogens with zero attached hydrogens (tertiary/aromatic N) is 1. The molecule has 1 amide bonds. The molecule has 0 aromatic heterocycles. The zero-order valence-corrected chi connectivity index (χ0v) is 10.4. The first-order valence-corrected chi connectivity index (χ1v) is 6.16. The van der Waals surface area contributed by atoms with Gasteiger partial charge >= 0.3 is 0 Å². The first-order chi connectivity index (χ1) is 8.58. The van der Waals surface area contributed by atoms with E-state index in [1.54, 1.807) is 19.1 Å². The van der Waals surface area contributed by atoms with Crippen molar-refractivity contribution in [3.63, 3.8) is 0 Å². The van der Waals surface area contributed by atoms with Gasteiger partial charge in [0.05, 0.1) is 0 Å². The summed E-state index contributed by atoms with van der Waals surface area (Å²) in [6.07, 6.45) is 1.74. The van der Waals surface area contributed by atoms with Gasteiger partial charge in [0.15, 0.2) is 5.75 Å². The van der Waals surface area contributed by atoms with Crippen LogP contribution in [0.15, 0.2) is 29.1 Å². The normalized spacial score (nSPS) is 16.6. The topological polar surface area (TPSA) is 57.6 Å². The van der Waals surface area contributed by atoms with E-state index >= 15 is 0 Å². The van der Waals surface area contributed by atoms with Gasteiger partial charge in [-0.3, -0.25) is 9.59 Å². The van der Waals surface area contributed by atoms with Gasteiger partial charge in [-0.05, 0) is 36.5 Å². The van der Waals surface area contributed by atoms with Crippen molar-refractivity contribution in [1.29, 1.82) is 0 Å². The third-order valence-corrected chi connectivity index (χ3v) is 3.50. The van der Waals surface area contributed by atoms with E-state index in [0.717, 1.165) is 31.5 Å². The van der Waals surface area contributed by atoms with E-state index in [2.05, 4.69) is 0 Å². The van der Waals surface area contributed by atoms with Crippen LogP contribution in [0.2, 0.25) is 0 Å². The van der Waals surface area contributed by atoms with Gasteiger partial charge in [-0.1, -0.05) is 12.1 Å². The lowest BCUT2D eigenvalue weighted by Gasteiger charge is -2.31. The SMILES string of the molecule is CC(=O)N1CCC(c2cccc(=O)c(O)c2)CC1. The fourth-order valence-electron chi connectivity index (χ4n) is 2.39. The highest BCUT2D eigenvalue weighted by Crippen LogP contribution is 2.28. The molecule has 4 nitrogen and oxygen atoms in total. The van der Waals surface area contributed by atoms with Crippen LogP contribution in [-0.2, 0) is 4.79 Å². The van der Waals surface area contributed by atoms with Crippen molar-refractivity contribution in [2.45, 2.75) is 25.7 Å². The highest BCUT2D eigenvalue weighted by atomic mass is 16.3. The van der Waals surface area contributed by atoms with Crippen LogP contribution in [0.3, 0.4) is 0 Å². The lowest BCUT2D eigenvalue weighted by atomic mass is 9.90. The van der Waals surface area contributed by atoms with E-state index in [1.807, 2.05) is 11.0 Å². The summed E-state index contributed by atoms with van der Waals surface area (Å²) in [4.78, 5) is 24.4. The fraction of sp³-hybridized carbons (Fsp3) is 0.429. The van der Waals surface area contributed by atoms with E-state index in [9.17, 15) is 14.7 Å². The molecular formula is C14H17NO3. The second-order valence-corrected chi connectivity index (χ2v) is 4.70. The number of likely N-dealkylation sites (tertiary alicyclic amines) is 1. The zero-order valence-electron chi connectivity index (χ0n) is 10.4. The van der Waals surface area contributed by atoms with E-state index in [0.29, 0.717) is 5.92 Å². The summed E-state index contributed by atoms with van der Waals surface area (Å²) in [5, 5.41) is 9.55. The molecule has 1 aromatic rings. The van der Waals surface area contributed by atoms with Crippen molar-refractivity contribution in [1.82, 2.24) is 4.90 Å². The monoisotopic (exact) mass is 247 g/mol. The van der Waals surface area contributed by atoms with Crippen LogP contribution in [0, 0.1) is 0 Å². The number of piperidine rings is 1. The molecule has 1 heterocycles. The molecule has 18 heavy (non-hydrogen) atoms. The lowest BCUT2D eigenvalue weighted by molar-refractivity contribution is -0.129. The van der Waals surface area contributed by atoms with Crippen LogP contribution in [-0.4, -0.2) is 29.0 Å². The average molecular weight is 247 g/mol. The van der Waals surface area contributed by atoms with Gasteiger partial charge < -0.3 is 10.0 Å². The van der Waals surface area contributed by atoms with Gasteiger partial charge in [0.2, 0.25) is 11.3 Å². The van der Waals surface area contributed by atoms with E-state index in [4.69, 9.17) is 0 Å². The first-order valence-electron chi connectivity index (χ1n) is 6.16. The van der Waals surface area contributed by atoms with Crippen molar-refractivity contribution in [2.24, 2.45) is 0 Å². The molecule has 2 rings (SSSR count). The van der Waals surface area contributed by atoms with E-state index in [1.165, 1.54) is 6.07 Å². The molecule has 1 aliphatic heterocycles. The predicted molar refractivity (Wildman–Crippen MR) is 68.6 cm³/mol. The Kier molecular flexibility index (Phi) is 3.65. The average Bonchev–Trinajstić information content (AvgIpc) is 2.52. The van der Waals surface area contributed by atoms with Crippen molar-refractivity contribution in [2.75, 3.05) is 13.1 Å². The Labute approximate surface area is 106 Å². The Balaban J connectivity index is 2.15. The number of amides is 1. The van der Waals surface area contributed by atoms with E-state index < -0.39 is 0 Å². The lowest BCUT2D eigenvalue weighted by Crippen LogP contribution is -2.36. The molecule has 0 atom stereocenters. The molecule has 1 N–H and O–H groups in total. The van der Waals surface area contributed by atoms with Crippen molar-refractivity contribution in [3.8, 4) is 5.75 Å². The van der Waals surface area contributed by atoms with Crippen molar-refractivity contribution >= 4 is 5.91 Å². The number of carbonyl (C=O) groups excluding carboxylic acids is 1. The molecular weight excluding hydrogens is 230 g/mol. The van der Waals surface area contributed by atoms with Crippen LogP contribution in [0.5, 0.6) is 5.75 Å². The standard InChI is InChI=1S/C14H17NO3/c1-10(16)15-7-5-11(6-8-15)12-3-2-4-13(17)14(18)9-12/h2-4,9,11H,5-8H2,1H3,(H,17,18). The number of hydrogen-bond acceptors (Lipinski definition) is 3. The molecule has 1 aliphatic rings. The number of aromatic hydroxyl groups is 1. The summed E-state index contributed by atoms with van der Waals surface area (Å²) >= 11 is 0. The maximum absolute atomic E-state index is 11.3. The quantitative estimate of drug-likeness (QED) is 0.817.